The highest BCUT2D eigenvalue weighted by molar-refractivity contribution is 7.22. The van der Waals surface area contributed by atoms with Crippen molar-refractivity contribution in [3.63, 3.8) is 0 Å². The molecule has 0 spiro atoms. The molecule has 0 unspecified atom stereocenters. The molecule has 4 rings (SSSR count). The van der Waals surface area contributed by atoms with Crippen LogP contribution in [-0.2, 0) is 11.8 Å². The van der Waals surface area contributed by atoms with Crippen LogP contribution in [0.3, 0.4) is 0 Å². The molecule has 4 aromatic rings. The predicted molar refractivity (Wildman–Crippen MR) is 126 cm³/mol. The molecule has 8 nitrogen and oxygen atoms in total. The number of thiazole rings is 1. The number of carbonyl (C=O) groups excluding carboxylic acids is 1. The van der Waals surface area contributed by atoms with Gasteiger partial charge in [-0.15, -0.1) is 0 Å². The summed E-state index contributed by atoms with van der Waals surface area (Å²) in [5.41, 5.74) is 3.08. The lowest BCUT2D eigenvalue weighted by Crippen LogP contribution is -2.28. The Hall–Kier alpha value is -2.72. The number of benzene rings is 2. The average Bonchev–Trinajstić information content (AvgIpc) is 3.30. The van der Waals surface area contributed by atoms with Gasteiger partial charge in [-0.2, -0.15) is 0 Å². The number of likely N-dealkylation sites (N-methyl/N-ethyl adjacent to an activating group) is 1. The highest BCUT2D eigenvalue weighted by Gasteiger charge is 2.13. The van der Waals surface area contributed by atoms with Gasteiger partial charge in [-0.25, -0.2) is 9.97 Å². The highest BCUT2D eigenvalue weighted by Crippen LogP contribution is 2.31. The van der Waals surface area contributed by atoms with Crippen LogP contribution in [0.5, 0.6) is 0 Å². The van der Waals surface area contributed by atoms with E-state index in [2.05, 4.69) is 25.9 Å². The van der Waals surface area contributed by atoms with E-state index in [0.29, 0.717) is 36.3 Å². The first kappa shape index (κ1) is 21.5. The van der Waals surface area contributed by atoms with Gasteiger partial charge in [-0.3, -0.25) is 4.79 Å². The molecular weight excluding hydrogens is 436 g/mol. The van der Waals surface area contributed by atoms with Crippen molar-refractivity contribution in [2.24, 2.45) is 7.05 Å². The van der Waals surface area contributed by atoms with Crippen LogP contribution in [0.4, 0.5) is 11.1 Å². The molecule has 0 saturated carbocycles. The van der Waals surface area contributed by atoms with Crippen molar-refractivity contribution >= 4 is 61.2 Å². The largest absolute Gasteiger partial charge is 0.378 e. The Labute approximate surface area is 188 Å². The number of nitrogens with zero attached hydrogens (tertiary/aromatic N) is 3. The second-order valence-corrected chi connectivity index (χ2v) is 8.39. The number of hydrogen-bond donors (Lipinski definition) is 3. The molecule has 31 heavy (non-hydrogen) atoms. The van der Waals surface area contributed by atoms with E-state index in [1.54, 1.807) is 12.1 Å². The number of aryl methyl sites for hydroxylation is 1. The van der Waals surface area contributed by atoms with Crippen molar-refractivity contribution in [3.8, 4) is 0 Å². The zero-order chi connectivity index (χ0) is 21.8. The maximum Gasteiger partial charge on any atom is 0.251 e. The van der Waals surface area contributed by atoms with Crippen LogP contribution in [0.2, 0.25) is 5.02 Å². The smallest absolute Gasteiger partial charge is 0.251 e. The van der Waals surface area contributed by atoms with Gasteiger partial charge in [0.05, 0.1) is 34.5 Å². The number of halogens is 1. The monoisotopic (exact) mass is 458 g/mol. The lowest BCUT2D eigenvalue weighted by Gasteiger charge is -2.06. The maximum atomic E-state index is 12.4. The van der Waals surface area contributed by atoms with E-state index in [1.807, 2.05) is 42.9 Å². The molecule has 0 aliphatic rings. The van der Waals surface area contributed by atoms with E-state index < -0.39 is 0 Å². The molecule has 162 valence electrons. The average molecular weight is 459 g/mol. The number of rotatable bonds is 9. The number of amides is 1. The molecule has 2 aromatic carbocycles. The molecule has 2 aromatic heterocycles. The van der Waals surface area contributed by atoms with Crippen molar-refractivity contribution in [1.82, 2.24) is 25.2 Å². The van der Waals surface area contributed by atoms with Crippen LogP contribution in [0.25, 0.3) is 21.3 Å². The highest BCUT2D eigenvalue weighted by atomic mass is 35.5. The lowest BCUT2D eigenvalue weighted by molar-refractivity contribution is 0.0917. The van der Waals surface area contributed by atoms with Crippen molar-refractivity contribution < 1.29 is 9.53 Å². The standard InChI is InChI=1S/C21H23ClN6O2S/c1-23-7-9-30-10-8-24-19(29)13-3-6-17-16(11-13)25-20(28(17)2)27-21-26-15-5-4-14(22)12-18(15)31-21/h3-6,11-12,23H,7-10H2,1-2H3,(H,24,29)(H,25,26,27). The van der Waals surface area contributed by atoms with Gasteiger partial charge >= 0.3 is 0 Å². The van der Waals surface area contributed by atoms with Crippen LogP contribution in [0.1, 0.15) is 10.4 Å². The van der Waals surface area contributed by atoms with Crippen LogP contribution >= 0.6 is 22.9 Å². The van der Waals surface area contributed by atoms with Crippen LogP contribution in [-0.4, -0.2) is 53.8 Å². The van der Waals surface area contributed by atoms with Gasteiger partial charge in [0, 0.05) is 30.7 Å². The topological polar surface area (TPSA) is 93.1 Å². The van der Waals surface area contributed by atoms with Crippen molar-refractivity contribution in [3.05, 3.63) is 47.0 Å². The summed E-state index contributed by atoms with van der Waals surface area (Å²) in [6.07, 6.45) is 0. The van der Waals surface area contributed by atoms with Crippen LogP contribution < -0.4 is 16.0 Å². The number of imidazole rings is 1. The number of nitrogens with one attached hydrogen (secondary N) is 3. The molecule has 0 saturated heterocycles. The number of carbonyl (C=O) groups is 1. The van der Waals surface area contributed by atoms with E-state index in [4.69, 9.17) is 16.3 Å². The number of aromatic nitrogens is 3. The maximum absolute atomic E-state index is 12.4. The quantitative estimate of drug-likeness (QED) is 0.332. The van der Waals surface area contributed by atoms with Crippen LogP contribution in [0, 0.1) is 0 Å². The minimum atomic E-state index is -0.151. The van der Waals surface area contributed by atoms with Gasteiger partial charge in [-0.1, -0.05) is 22.9 Å². The molecule has 0 radical (unpaired) electrons. The molecule has 0 atom stereocenters. The second-order valence-electron chi connectivity index (χ2n) is 6.93. The molecule has 2 heterocycles. The Kier molecular flexibility index (Phi) is 6.67. The third-order valence-corrected chi connectivity index (χ3v) is 5.91. The molecule has 3 N–H and O–H groups in total. The van der Waals surface area contributed by atoms with E-state index in [-0.39, 0.29) is 5.91 Å². The summed E-state index contributed by atoms with van der Waals surface area (Å²) in [4.78, 5) is 21.7. The minimum absolute atomic E-state index is 0.151. The Bertz CT molecular complexity index is 1220. The molecule has 0 aliphatic carbocycles. The Morgan fingerprint density at radius 2 is 1.97 bits per heavy atom. The van der Waals surface area contributed by atoms with Gasteiger partial charge in [0.1, 0.15) is 0 Å². The summed E-state index contributed by atoms with van der Waals surface area (Å²) < 4.78 is 8.36. The summed E-state index contributed by atoms with van der Waals surface area (Å²) in [5.74, 6) is 0.498. The Morgan fingerprint density at radius 1 is 1.13 bits per heavy atom. The zero-order valence-corrected chi connectivity index (χ0v) is 18.8. The lowest BCUT2D eigenvalue weighted by atomic mass is 10.2. The fourth-order valence-electron chi connectivity index (χ4n) is 3.12. The third-order valence-electron chi connectivity index (χ3n) is 4.74. The Balaban J connectivity index is 1.46. The fourth-order valence-corrected chi connectivity index (χ4v) is 4.25. The van der Waals surface area contributed by atoms with Crippen LogP contribution in [0.15, 0.2) is 36.4 Å². The first-order chi connectivity index (χ1) is 15.0. The Morgan fingerprint density at radius 3 is 2.81 bits per heavy atom. The van der Waals surface area contributed by atoms with E-state index in [9.17, 15) is 4.79 Å². The predicted octanol–water partition coefficient (Wildman–Crippen LogP) is 3.55. The number of ether oxygens (including phenoxy) is 1. The summed E-state index contributed by atoms with van der Waals surface area (Å²) in [6, 6.07) is 11.1. The van der Waals surface area contributed by atoms with Gasteiger partial charge in [0.2, 0.25) is 5.95 Å². The van der Waals surface area contributed by atoms with Crippen molar-refractivity contribution in [1.29, 1.82) is 0 Å². The first-order valence-electron chi connectivity index (χ1n) is 9.85. The summed E-state index contributed by atoms with van der Waals surface area (Å²) in [6.45, 7) is 2.33. The molecule has 10 heteroatoms. The van der Waals surface area contributed by atoms with E-state index in [1.165, 1.54) is 11.3 Å². The fraction of sp³-hybridized carbons (Fsp3) is 0.286. The van der Waals surface area contributed by atoms with Gasteiger partial charge in [0.25, 0.3) is 5.91 Å². The normalized spacial score (nSPS) is 11.3. The van der Waals surface area contributed by atoms with Gasteiger partial charge < -0.3 is 25.3 Å². The minimum Gasteiger partial charge on any atom is -0.378 e. The molecule has 0 fully saturated rings. The second kappa shape index (κ2) is 9.61. The molecule has 1 amide bonds. The zero-order valence-electron chi connectivity index (χ0n) is 17.2. The number of fused-ring (bicyclic) bond motifs is 2. The first-order valence-corrected chi connectivity index (χ1v) is 11.0. The van der Waals surface area contributed by atoms with Gasteiger partial charge in [-0.05, 0) is 43.4 Å². The van der Waals surface area contributed by atoms with Crippen molar-refractivity contribution in [2.75, 3.05) is 38.7 Å². The SMILES string of the molecule is CNCCOCCNC(=O)c1ccc2c(c1)nc(Nc1nc3ccc(Cl)cc3s1)n2C. The molecule has 0 bridgehead atoms. The van der Waals surface area contributed by atoms with E-state index in [0.717, 1.165) is 32.9 Å². The summed E-state index contributed by atoms with van der Waals surface area (Å²) in [7, 11) is 3.79. The summed E-state index contributed by atoms with van der Waals surface area (Å²) in [5, 5.41) is 10.6. The molecule has 0 aliphatic heterocycles. The van der Waals surface area contributed by atoms with Crippen molar-refractivity contribution in [2.45, 2.75) is 0 Å². The number of hydrogen-bond acceptors (Lipinski definition) is 7. The number of anilines is 2. The summed E-state index contributed by atoms with van der Waals surface area (Å²) >= 11 is 7.58. The van der Waals surface area contributed by atoms with E-state index >= 15 is 0 Å². The van der Waals surface area contributed by atoms with Gasteiger partial charge in [0.15, 0.2) is 5.13 Å². The molecular formula is C21H23ClN6O2S. The third kappa shape index (κ3) is 4.96.